The van der Waals surface area contributed by atoms with Crippen LogP contribution in [0, 0.1) is 5.82 Å². The van der Waals surface area contributed by atoms with Crippen LogP contribution < -0.4 is 10.2 Å². The summed E-state index contributed by atoms with van der Waals surface area (Å²) in [5.41, 5.74) is 2.67. The Bertz CT molecular complexity index is 579. The van der Waals surface area contributed by atoms with E-state index in [2.05, 4.69) is 5.32 Å². The van der Waals surface area contributed by atoms with Crippen molar-refractivity contribution >= 4 is 28.6 Å². The molecule has 0 atom stereocenters. The normalized spacial score (nSPS) is 10.1. The second-order valence-electron chi connectivity index (χ2n) is 4.41. The van der Waals surface area contributed by atoms with Gasteiger partial charge in [0.25, 0.3) is 0 Å². The maximum Gasteiger partial charge on any atom is 0.123 e. The highest BCUT2D eigenvalue weighted by molar-refractivity contribution is 7.81. The number of nitrogens with one attached hydrogen (secondary N) is 1. The van der Waals surface area contributed by atoms with E-state index in [0.717, 1.165) is 11.4 Å². The monoisotopic (exact) mass is 274 g/mol. The third kappa shape index (κ3) is 3.51. The first kappa shape index (κ1) is 13.5. The van der Waals surface area contributed by atoms with Crippen molar-refractivity contribution in [2.24, 2.45) is 0 Å². The van der Waals surface area contributed by atoms with Gasteiger partial charge in [-0.05, 0) is 36.4 Å². The third-order valence-corrected chi connectivity index (χ3v) is 3.07. The van der Waals surface area contributed by atoms with Gasteiger partial charge in [-0.15, -0.1) is 0 Å². The standard InChI is InChI=1S/C15H15FN2S/c1-18(2)14-8-6-13(7-9-14)17-15(19)11-4-3-5-12(16)10-11/h3-10H,1-2H3,(H,17,19). The van der Waals surface area contributed by atoms with Gasteiger partial charge >= 0.3 is 0 Å². The van der Waals surface area contributed by atoms with E-state index in [0.29, 0.717) is 10.6 Å². The number of hydrogen-bond donors (Lipinski definition) is 1. The lowest BCUT2D eigenvalue weighted by Gasteiger charge is -2.13. The predicted octanol–water partition coefficient (Wildman–Crippen LogP) is 3.68. The molecule has 1 N–H and O–H groups in total. The van der Waals surface area contributed by atoms with E-state index in [1.165, 1.54) is 12.1 Å². The zero-order chi connectivity index (χ0) is 13.8. The maximum absolute atomic E-state index is 13.1. The minimum atomic E-state index is -0.287. The molecule has 0 aliphatic rings. The van der Waals surface area contributed by atoms with Crippen LogP contribution in [0.5, 0.6) is 0 Å². The van der Waals surface area contributed by atoms with Gasteiger partial charge in [0.1, 0.15) is 10.8 Å². The number of rotatable bonds is 3. The summed E-state index contributed by atoms with van der Waals surface area (Å²) in [5, 5.41) is 3.10. The lowest BCUT2D eigenvalue weighted by molar-refractivity contribution is 0.627. The van der Waals surface area contributed by atoms with Crippen LogP contribution in [0.4, 0.5) is 15.8 Å². The molecule has 0 radical (unpaired) electrons. The lowest BCUT2D eigenvalue weighted by atomic mass is 10.2. The van der Waals surface area contributed by atoms with Crippen LogP contribution in [0.15, 0.2) is 48.5 Å². The summed E-state index contributed by atoms with van der Waals surface area (Å²) in [6.45, 7) is 0. The number of hydrogen-bond acceptors (Lipinski definition) is 2. The number of halogens is 1. The van der Waals surface area contributed by atoms with E-state index >= 15 is 0 Å². The van der Waals surface area contributed by atoms with Crippen LogP contribution in [0.2, 0.25) is 0 Å². The summed E-state index contributed by atoms with van der Waals surface area (Å²) >= 11 is 5.26. The molecule has 2 nitrogen and oxygen atoms in total. The van der Waals surface area contributed by atoms with Crippen LogP contribution >= 0.6 is 12.2 Å². The molecule has 98 valence electrons. The van der Waals surface area contributed by atoms with Gasteiger partial charge in [-0.3, -0.25) is 0 Å². The van der Waals surface area contributed by atoms with E-state index in [1.807, 2.05) is 43.3 Å². The SMILES string of the molecule is CN(C)c1ccc(NC(=S)c2cccc(F)c2)cc1. The van der Waals surface area contributed by atoms with Crippen LogP contribution in [0.1, 0.15) is 5.56 Å². The van der Waals surface area contributed by atoms with Crippen molar-refractivity contribution in [3.63, 3.8) is 0 Å². The highest BCUT2D eigenvalue weighted by Gasteiger charge is 2.03. The molecule has 0 unspecified atom stereocenters. The Labute approximate surface area is 117 Å². The number of anilines is 2. The topological polar surface area (TPSA) is 15.3 Å². The molecule has 0 spiro atoms. The molecule has 4 heteroatoms. The van der Waals surface area contributed by atoms with Gasteiger partial charge in [0.05, 0.1) is 0 Å². The van der Waals surface area contributed by atoms with Crippen molar-refractivity contribution in [1.82, 2.24) is 0 Å². The van der Waals surface area contributed by atoms with E-state index in [1.54, 1.807) is 12.1 Å². The van der Waals surface area contributed by atoms with E-state index in [-0.39, 0.29) is 5.82 Å². The third-order valence-electron chi connectivity index (χ3n) is 2.73. The maximum atomic E-state index is 13.1. The van der Waals surface area contributed by atoms with Crippen molar-refractivity contribution in [3.8, 4) is 0 Å². The largest absolute Gasteiger partial charge is 0.378 e. The van der Waals surface area contributed by atoms with Crippen LogP contribution in [0.25, 0.3) is 0 Å². The summed E-state index contributed by atoms with van der Waals surface area (Å²) < 4.78 is 13.1. The summed E-state index contributed by atoms with van der Waals surface area (Å²) in [4.78, 5) is 2.53. The fraction of sp³-hybridized carbons (Fsp3) is 0.133. The molecular formula is C15H15FN2S. The summed E-state index contributed by atoms with van der Waals surface area (Å²) in [6.07, 6.45) is 0. The molecule has 0 heterocycles. The molecule has 0 aliphatic carbocycles. The average Bonchev–Trinajstić information content (AvgIpc) is 2.39. The Morgan fingerprint density at radius 3 is 2.37 bits per heavy atom. The minimum Gasteiger partial charge on any atom is -0.378 e. The van der Waals surface area contributed by atoms with Crippen molar-refractivity contribution in [3.05, 3.63) is 59.9 Å². The van der Waals surface area contributed by atoms with Crippen molar-refractivity contribution in [1.29, 1.82) is 0 Å². The first-order chi connectivity index (χ1) is 9.06. The van der Waals surface area contributed by atoms with E-state index < -0.39 is 0 Å². The lowest BCUT2D eigenvalue weighted by Crippen LogP contribution is -2.11. The summed E-state index contributed by atoms with van der Waals surface area (Å²) in [7, 11) is 3.97. The van der Waals surface area contributed by atoms with Crippen molar-refractivity contribution in [2.45, 2.75) is 0 Å². The summed E-state index contributed by atoms with van der Waals surface area (Å²) in [5.74, 6) is -0.287. The Hall–Kier alpha value is -1.94. The smallest absolute Gasteiger partial charge is 0.123 e. The zero-order valence-corrected chi connectivity index (χ0v) is 11.7. The first-order valence-corrected chi connectivity index (χ1v) is 6.31. The quantitative estimate of drug-likeness (QED) is 0.860. The molecule has 0 fully saturated rings. The van der Waals surface area contributed by atoms with E-state index in [4.69, 9.17) is 12.2 Å². The molecule has 0 saturated carbocycles. The molecule has 2 aromatic carbocycles. The first-order valence-electron chi connectivity index (χ1n) is 5.90. The second kappa shape index (κ2) is 5.80. The van der Waals surface area contributed by atoms with Gasteiger partial charge in [-0.25, -0.2) is 4.39 Å². The van der Waals surface area contributed by atoms with Gasteiger partial charge in [-0.2, -0.15) is 0 Å². The predicted molar refractivity (Wildman–Crippen MR) is 82.5 cm³/mol. The molecule has 0 aliphatic heterocycles. The Morgan fingerprint density at radius 1 is 1.11 bits per heavy atom. The zero-order valence-electron chi connectivity index (χ0n) is 10.9. The van der Waals surface area contributed by atoms with Crippen LogP contribution in [-0.2, 0) is 0 Å². The second-order valence-corrected chi connectivity index (χ2v) is 4.81. The molecule has 0 amide bonds. The van der Waals surface area contributed by atoms with Gasteiger partial charge < -0.3 is 10.2 Å². The van der Waals surface area contributed by atoms with Crippen LogP contribution in [-0.4, -0.2) is 19.1 Å². The molecular weight excluding hydrogens is 259 g/mol. The molecule has 2 aromatic rings. The van der Waals surface area contributed by atoms with Gasteiger partial charge in [-0.1, -0.05) is 24.4 Å². The average molecular weight is 274 g/mol. The van der Waals surface area contributed by atoms with E-state index in [9.17, 15) is 4.39 Å². The highest BCUT2D eigenvalue weighted by Crippen LogP contribution is 2.17. The fourth-order valence-corrected chi connectivity index (χ4v) is 1.92. The number of benzene rings is 2. The van der Waals surface area contributed by atoms with Crippen LogP contribution in [0.3, 0.4) is 0 Å². The number of nitrogens with zero attached hydrogens (tertiary/aromatic N) is 1. The van der Waals surface area contributed by atoms with Gasteiger partial charge in [0, 0.05) is 31.0 Å². The Morgan fingerprint density at radius 2 is 1.79 bits per heavy atom. The van der Waals surface area contributed by atoms with Gasteiger partial charge in [0.15, 0.2) is 0 Å². The Balaban J connectivity index is 2.10. The van der Waals surface area contributed by atoms with Gasteiger partial charge in [0.2, 0.25) is 0 Å². The minimum absolute atomic E-state index is 0.287. The highest BCUT2D eigenvalue weighted by atomic mass is 32.1. The molecule has 2 rings (SSSR count). The fourth-order valence-electron chi connectivity index (χ4n) is 1.68. The summed E-state index contributed by atoms with van der Waals surface area (Å²) in [6, 6.07) is 14.1. The molecule has 0 aromatic heterocycles. The number of thiocarbonyl (C=S) groups is 1. The van der Waals surface area contributed by atoms with Crippen molar-refractivity contribution < 1.29 is 4.39 Å². The molecule has 0 saturated heterocycles. The molecule has 19 heavy (non-hydrogen) atoms. The Kier molecular flexibility index (Phi) is 4.12. The van der Waals surface area contributed by atoms with Crippen molar-refractivity contribution in [2.75, 3.05) is 24.3 Å². The molecule has 0 bridgehead atoms.